The summed E-state index contributed by atoms with van der Waals surface area (Å²) < 4.78 is 1.78. The number of aryl methyl sites for hydroxylation is 3. The van der Waals surface area contributed by atoms with Gasteiger partial charge in [-0.05, 0) is 61.9 Å². The molecule has 0 unspecified atom stereocenters. The van der Waals surface area contributed by atoms with E-state index in [0.717, 1.165) is 34.0 Å². The summed E-state index contributed by atoms with van der Waals surface area (Å²) in [6.45, 7) is 6.18. The van der Waals surface area contributed by atoms with E-state index in [2.05, 4.69) is 51.6 Å². The molecule has 4 aromatic rings. The van der Waals surface area contributed by atoms with Gasteiger partial charge in [-0.15, -0.1) is 16.9 Å². The topological polar surface area (TPSA) is 72.2 Å². The van der Waals surface area contributed by atoms with Gasteiger partial charge in [0.25, 0.3) is 5.78 Å². The van der Waals surface area contributed by atoms with Crippen molar-refractivity contribution in [3.05, 3.63) is 76.6 Å². The van der Waals surface area contributed by atoms with Crippen LogP contribution in [0.1, 0.15) is 28.1 Å². The molecule has 0 radical (unpaired) electrons. The second-order valence-corrected chi connectivity index (χ2v) is 9.36. The van der Waals surface area contributed by atoms with E-state index in [1.807, 2.05) is 44.4 Å². The van der Waals surface area contributed by atoms with Gasteiger partial charge < -0.3 is 5.32 Å². The number of benzene rings is 2. The number of fused-ring (bicyclic) bond motifs is 1. The van der Waals surface area contributed by atoms with E-state index < -0.39 is 0 Å². The van der Waals surface area contributed by atoms with Crippen molar-refractivity contribution < 1.29 is 4.79 Å². The summed E-state index contributed by atoms with van der Waals surface area (Å²) in [5, 5.41) is 8.08. The van der Waals surface area contributed by atoms with Gasteiger partial charge in [-0.1, -0.05) is 42.1 Å². The molecule has 2 aromatic carbocycles. The Morgan fingerprint density at radius 3 is 2.66 bits per heavy atom. The van der Waals surface area contributed by atoms with E-state index in [9.17, 15) is 4.79 Å². The smallest absolute Gasteiger partial charge is 0.253 e. The molecule has 164 valence electrons. The summed E-state index contributed by atoms with van der Waals surface area (Å²) in [6.07, 6.45) is 2.81. The number of nitrogens with one attached hydrogen (secondary N) is 1. The van der Waals surface area contributed by atoms with Gasteiger partial charge in [-0.2, -0.15) is 4.98 Å². The lowest BCUT2D eigenvalue weighted by atomic mass is 9.99. The highest BCUT2D eigenvalue weighted by Crippen LogP contribution is 2.23. The number of anilines is 1. The molecule has 6 nitrogen and oxygen atoms in total. The largest absolute Gasteiger partial charge is 0.325 e. The summed E-state index contributed by atoms with van der Waals surface area (Å²) in [7, 11) is 0. The molecule has 32 heavy (non-hydrogen) atoms. The summed E-state index contributed by atoms with van der Waals surface area (Å²) >= 11 is 2.95. The third kappa shape index (κ3) is 4.97. The Kier molecular flexibility index (Phi) is 6.81. The number of aromatic nitrogens is 4. The molecule has 0 fully saturated rings. The molecule has 1 N–H and O–H groups in total. The number of carbonyl (C=O) groups excluding carboxylic acids is 1. The number of hydrogen-bond acceptors (Lipinski definition) is 6. The fraction of sp³-hybridized carbons (Fsp3) is 0.250. The van der Waals surface area contributed by atoms with E-state index in [-0.39, 0.29) is 11.7 Å². The van der Waals surface area contributed by atoms with E-state index in [0.29, 0.717) is 10.9 Å². The molecule has 0 saturated carbocycles. The molecule has 2 aromatic heterocycles. The number of nitrogens with zero attached hydrogens (tertiary/aromatic N) is 4. The minimum Gasteiger partial charge on any atom is -0.325 e. The van der Waals surface area contributed by atoms with Crippen LogP contribution in [-0.4, -0.2) is 37.5 Å². The van der Waals surface area contributed by atoms with Crippen LogP contribution in [0, 0.1) is 20.8 Å². The van der Waals surface area contributed by atoms with Crippen molar-refractivity contribution in [2.45, 2.75) is 37.2 Å². The minimum atomic E-state index is -0.0896. The molecule has 4 rings (SSSR count). The Balaban J connectivity index is 1.49. The Bertz CT molecular complexity index is 1280. The van der Waals surface area contributed by atoms with Crippen LogP contribution in [0.4, 0.5) is 5.69 Å². The second-order valence-electron chi connectivity index (χ2n) is 7.54. The Hall–Kier alpha value is -2.84. The third-order valence-corrected chi connectivity index (χ3v) is 6.91. The number of amides is 1. The minimum absolute atomic E-state index is 0.0896. The van der Waals surface area contributed by atoms with Crippen LogP contribution in [0.5, 0.6) is 0 Å². The van der Waals surface area contributed by atoms with Crippen molar-refractivity contribution in [2.75, 3.05) is 17.3 Å². The summed E-state index contributed by atoms with van der Waals surface area (Å²) in [4.78, 5) is 22.7. The molecule has 0 aliphatic rings. The highest BCUT2D eigenvalue weighted by molar-refractivity contribution is 7.99. The standard InChI is InChI=1S/C24H25N5OS2/c1-15-8-5-6-9-18(15)12-21-16(2)25-23-27-24(28-29(23)17(21)3)32-14-22(30)26-19-10-7-11-20(13-19)31-4/h5-11,13H,12,14H2,1-4H3,(H,26,30). The van der Waals surface area contributed by atoms with Crippen LogP contribution in [0.3, 0.4) is 0 Å². The summed E-state index contributed by atoms with van der Waals surface area (Å²) in [6, 6.07) is 16.2. The number of rotatable bonds is 7. The first-order chi connectivity index (χ1) is 15.4. The molecular formula is C24H25N5OS2. The van der Waals surface area contributed by atoms with Crippen LogP contribution in [0.2, 0.25) is 0 Å². The molecule has 0 aliphatic heterocycles. The van der Waals surface area contributed by atoms with Crippen molar-refractivity contribution in [3.63, 3.8) is 0 Å². The maximum absolute atomic E-state index is 12.4. The van der Waals surface area contributed by atoms with E-state index >= 15 is 0 Å². The van der Waals surface area contributed by atoms with Crippen molar-refractivity contribution in [2.24, 2.45) is 0 Å². The molecule has 0 aliphatic carbocycles. The van der Waals surface area contributed by atoms with E-state index in [4.69, 9.17) is 0 Å². The first-order valence-corrected chi connectivity index (χ1v) is 12.5. The SMILES string of the molecule is CSc1cccc(NC(=O)CSc2nc3nc(C)c(Cc4ccccc4C)c(C)n3n2)c1. The number of thioether (sulfide) groups is 2. The van der Waals surface area contributed by atoms with Gasteiger partial charge in [0.1, 0.15) is 0 Å². The van der Waals surface area contributed by atoms with Crippen molar-refractivity contribution in [1.82, 2.24) is 19.6 Å². The van der Waals surface area contributed by atoms with Gasteiger partial charge >= 0.3 is 0 Å². The Morgan fingerprint density at radius 2 is 1.88 bits per heavy atom. The average Bonchev–Trinajstić information content (AvgIpc) is 3.19. The second kappa shape index (κ2) is 9.75. The quantitative estimate of drug-likeness (QED) is 0.385. The average molecular weight is 464 g/mol. The van der Waals surface area contributed by atoms with Crippen LogP contribution in [-0.2, 0) is 11.2 Å². The van der Waals surface area contributed by atoms with Crippen molar-refractivity contribution >= 4 is 40.9 Å². The maximum Gasteiger partial charge on any atom is 0.253 e. The van der Waals surface area contributed by atoms with Crippen LogP contribution in [0.15, 0.2) is 58.6 Å². The van der Waals surface area contributed by atoms with E-state index in [1.165, 1.54) is 22.9 Å². The molecule has 0 bridgehead atoms. The first-order valence-electron chi connectivity index (χ1n) is 10.3. The van der Waals surface area contributed by atoms with Crippen LogP contribution in [0.25, 0.3) is 5.78 Å². The van der Waals surface area contributed by atoms with Crippen LogP contribution < -0.4 is 5.32 Å². The normalized spacial score (nSPS) is 11.1. The summed E-state index contributed by atoms with van der Waals surface area (Å²) in [5.41, 5.74) is 6.45. The maximum atomic E-state index is 12.4. The monoisotopic (exact) mass is 463 g/mol. The zero-order chi connectivity index (χ0) is 22.7. The lowest BCUT2D eigenvalue weighted by Gasteiger charge is -2.11. The van der Waals surface area contributed by atoms with Gasteiger partial charge in [0.2, 0.25) is 11.1 Å². The Labute approximate surface area is 196 Å². The molecule has 8 heteroatoms. The molecule has 1 amide bonds. The lowest BCUT2D eigenvalue weighted by molar-refractivity contribution is -0.113. The van der Waals surface area contributed by atoms with Crippen LogP contribution >= 0.6 is 23.5 Å². The van der Waals surface area contributed by atoms with Gasteiger partial charge in [0, 0.05) is 28.4 Å². The fourth-order valence-corrected chi connectivity index (χ4v) is 4.61. The molecular weight excluding hydrogens is 438 g/mol. The molecule has 0 saturated heterocycles. The first kappa shape index (κ1) is 22.4. The van der Waals surface area contributed by atoms with Gasteiger partial charge in [-0.3, -0.25) is 4.79 Å². The lowest BCUT2D eigenvalue weighted by Crippen LogP contribution is -2.14. The Morgan fingerprint density at radius 1 is 1.06 bits per heavy atom. The third-order valence-electron chi connectivity index (χ3n) is 5.34. The predicted octanol–water partition coefficient (Wildman–Crippen LogP) is 5.09. The predicted molar refractivity (Wildman–Crippen MR) is 132 cm³/mol. The van der Waals surface area contributed by atoms with Gasteiger partial charge in [0.15, 0.2) is 0 Å². The zero-order valence-electron chi connectivity index (χ0n) is 18.5. The van der Waals surface area contributed by atoms with E-state index in [1.54, 1.807) is 16.3 Å². The van der Waals surface area contributed by atoms with Crippen molar-refractivity contribution in [3.8, 4) is 0 Å². The highest BCUT2D eigenvalue weighted by Gasteiger charge is 2.15. The molecule has 2 heterocycles. The zero-order valence-corrected chi connectivity index (χ0v) is 20.2. The number of carbonyl (C=O) groups is 1. The molecule has 0 spiro atoms. The fourth-order valence-electron chi connectivity index (χ4n) is 3.53. The van der Waals surface area contributed by atoms with Crippen molar-refractivity contribution in [1.29, 1.82) is 0 Å². The molecule has 0 atom stereocenters. The number of hydrogen-bond donors (Lipinski definition) is 1. The van der Waals surface area contributed by atoms with Gasteiger partial charge in [0.05, 0.1) is 5.75 Å². The highest BCUT2D eigenvalue weighted by atomic mass is 32.2. The summed E-state index contributed by atoms with van der Waals surface area (Å²) in [5.74, 6) is 0.700. The van der Waals surface area contributed by atoms with Gasteiger partial charge in [-0.25, -0.2) is 9.50 Å².